The number of hydrogen-bond donors (Lipinski definition) is 2. The third kappa shape index (κ3) is 10.0. The molecule has 53 heavy (non-hydrogen) atoms. The Labute approximate surface area is 336 Å². The Balaban J connectivity index is 0.000000192. The maximum atomic E-state index is 6.28. The molecule has 0 saturated carbocycles. The average Bonchev–Trinajstić information content (AvgIpc) is 3.84. The lowest BCUT2D eigenvalue weighted by Crippen LogP contribution is -1.90. The summed E-state index contributed by atoms with van der Waals surface area (Å²) in [6.45, 7) is 0. The van der Waals surface area contributed by atoms with Crippen molar-refractivity contribution in [3.05, 3.63) is 163 Å². The summed E-state index contributed by atoms with van der Waals surface area (Å²) in [5.41, 5.74) is 7.56. The highest BCUT2D eigenvalue weighted by Gasteiger charge is 2.10. The summed E-state index contributed by atoms with van der Waals surface area (Å²) in [5, 5.41) is 2.36. The van der Waals surface area contributed by atoms with Gasteiger partial charge >= 0.3 is 0 Å². The highest BCUT2D eigenvalue weighted by atomic mass is 79.9. The van der Waals surface area contributed by atoms with E-state index in [0.29, 0.717) is 31.6 Å². The number of hydrogen-bond acceptors (Lipinski definition) is 4. The first kappa shape index (κ1) is 38.0. The van der Waals surface area contributed by atoms with E-state index in [-0.39, 0.29) is 0 Å². The molecule has 0 radical (unpaired) electrons. The first-order valence-corrected chi connectivity index (χ1v) is 18.5. The van der Waals surface area contributed by atoms with Crippen LogP contribution in [0.15, 0.2) is 120 Å². The second-order valence-electron chi connectivity index (χ2n) is 11.5. The SMILES string of the molecule is COc1ccc(-c2ccc(C=Cc3nc(-c4ccc(Cl)cc4Cl)c[nH]3)cc2)cc1OC.Clc1ccc(-c2c[nH]c(C=Cc3ccc(Br)cc3)n2)c(Cl)c1. The van der Waals surface area contributed by atoms with Crippen LogP contribution in [0.25, 0.3) is 57.9 Å². The van der Waals surface area contributed by atoms with Gasteiger partial charge in [-0.1, -0.05) is 117 Å². The Kier molecular flexibility index (Phi) is 12.8. The molecule has 0 unspecified atom stereocenters. The van der Waals surface area contributed by atoms with Crippen molar-refractivity contribution < 1.29 is 9.47 Å². The van der Waals surface area contributed by atoms with E-state index in [1.54, 1.807) is 38.5 Å². The summed E-state index contributed by atoms with van der Waals surface area (Å²) in [4.78, 5) is 15.4. The highest BCUT2D eigenvalue weighted by Crippen LogP contribution is 2.33. The van der Waals surface area contributed by atoms with Gasteiger partial charge in [0.15, 0.2) is 11.5 Å². The molecular weight excluding hydrogens is 814 g/mol. The minimum atomic E-state index is 0.570. The molecule has 11 heteroatoms. The topological polar surface area (TPSA) is 75.8 Å². The molecule has 0 atom stereocenters. The van der Waals surface area contributed by atoms with Crippen LogP contribution in [0.4, 0.5) is 0 Å². The van der Waals surface area contributed by atoms with Gasteiger partial charge < -0.3 is 19.4 Å². The number of halogens is 5. The van der Waals surface area contributed by atoms with Crippen molar-refractivity contribution in [2.45, 2.75) is 0 Å². The van der Waals surface area contributed by atoms with Crippen molar-refractivity contribution in [1.82, 2.24) is 19.9 Å². The van der Waals surface area contributed by atoms with Crippen LogP contribution in [0, 0.1) is 0 Å². The third-order valence-corrected chi connectivity index (χ3v) is 9.60. The predicted molar refractivity (Wildman–Crippen MR) is 225 cm³/mol. The van der Waals surface area contributed by atoms with E-state index in [0.717, 1.165) is 60.9 Å². The van der Waals surface area contributed by atoms with Gasteiger partial charge in [-0.15, -0.1) is 0 Å². The summed E-state index contributed by atoms with van der Waals surface area (Å²) in [7, 11) is 3.27. The lowest BCUT2D eigenvalue weighted by molar-refractivity contribution is 0.355. The zero-order valence-corrected chi connectivity index (χ0v) is 33.0. The van der Waals surface area contributed by atoms with Crippen molar-refractivity contribution in [2.24, 2.45) is 0 Å². The molecule has 0 aliphatic heterocycles. The monoisotopic (exact) mass is 842 g/mol. The number of methoxy groups -OCH3 is 2. The van der Waals surface area contributed by atoms with Gasteiger partial charge in [-0.2, -0.15) is 0 Å². The first-order chi connectivity index (χ1) is 25.7. The Morgan fingerprint density at radius 1 is 0.528 bits per heavy atom. The van der Waals surface area contributed by atoms with E-state index < -0.39 is 0 Å². The fourth-order valence-corrected chi connectivity index (χ4v) is 6.52. The first-order valence-electron chi connectivity index (χ1n) is 16.1. The van der Waals surface area contributed by atoms with Gasteiger partial charge in [0.1, 0.15) is 11.6 Å². The quantitative estimate of drug-likeness (QED) is 0.152. The normalized spacial score (nSPS) is 11.2. The van der Waals surface area contributed by atoms with Gasteiger partial charge in [0, 0.05) is 38.0 Å². The molecule has 0 spiro atoms. The van der Waals surface area contributed by atoms with Gasteiger partial charge in [0.05, 0.1) is 35.7 Å². The molecule has 0 amide bonds. The summed E-state index contributed by atoms with van der Waals surface area (Å²) >= 11 is 27.8. The maximum Gasteiger partial charge on any atom is 0.161 e. The number of nitrogens with zero attached hydrogens (tertiary/aromatic N) is 2. The second-order valence-corrected chi connectivity index (χ2v) is 14.1. The van der Waals surface area contributed by atoms with Gasteiger partial charge in [0.25, 0.3) is 0 Å². The molecular formula is C42H31BrCl4N4O2. The van der Waals surface area contributed by atoms with Gasteiger partial charge in [-0.25, -0.2) is 9.97 Å². The fraction of sp³-hybridized carbons (Fsp3) is 0.0476. The molecule has 0 aliphatic rings. The number of imidazole rings is 2. The summed E-state index contributed by atoms with van der Waals surface area (Å²) in [5.74, 6) is 2.93. The maximum absolute atomic E-state index is 6.28. The number of ether oxygens (including phenoxy) is 2. The van der Waals surface area contributed by atoms with E-state index in [4.69, 9.17) is 55.9 Å². The molecule has 2 N–H and O–H groups in total. The van der Waals surface area contributed by atoms with Crippen molar-refractivity contribution in [3.8, 4) is 45.1 Å². The number of rotatable bonds is 9. The van der Waals surface area contributed by atoms with Crippen LogP contribution >= 0.6 is 62.3 Å². The summed E-state index contributed by atoms with van der Waals surface area (Å²) in [6.07, 6.45) is 11.5. The molecule has 0 saturated heterocycles. The number of benzene rings is 5. The number of nitrogens with one attached hydrogen (secondary N) is 2. The summed E-state index contributed by atoms with van der Waals surface area (Å²) in [6, 6.07) is 33.0. The molecule has 7 rings (SSSR count). The van der Waals surface area contributed by atoms with Crippen LogP contribution in [0.5, 0.6) is 11.5 Å². The lowest BCUT2D eigenvalue weighted by atomic mass is 10.0. The van der Waals surface area contributed by atoms with E-state index in [9.17, 15) is 0 Å². The van der Waals surface area contributed by atoms with E-state index in [2.05, 4.69) is 60.1 Å². The Hall–Kier alpha value is -4.76. The van der Waals surface area contributed by atoms with Crippen molar-refractivity contribution >= 4 is 86.6 Å². The molecule has 7 aromatic rings. The smallest absolute Gasteiger partial charge is 0.161 e. The highest BCUT2D eigenvalue weighted by molar-refractivity contribution is 9.10. The van der Waals surface area contributed by atoms with Crippen LogP contribution in [-0.4, -0.2) is 34.2 Å². The number of H-pyrrole nitrogens is 2. The minimum absolute atomic E-state index is 0.570. The van der Waals surface area contributed by atoms with Crippen LogP contribution in [0.1, 0.15) is 22.8 Å². The molecule has 2 aromatic heterocycles. The van der Waals surface area contributed by atoms with Crippen molar-refractivity contribution in [3.63, 3.8) is 0 Å². The van der Waals surface area contributed by atoms with Crippen LogP contribution in [-0.2, 0) is 0 Å². The predicted octanol–water partition coefficient (Wildman–Crippen LogP) is 13.6. The van der Waals surface area contributed by atoms with Crippen molar-refractivity contribution in [2.75, 3.05) is 14.2 Å². The van der Waals surface area contributed by atoms with E-state index >= 15 is 0 Å². The van der Waals surface area contributed by atoms with Gasteiger partial charge in [-0.05, 0) is 95.1 Å². The second kappa shape index (κ2) is 17.8. The zero-order chi connectivity index (χ0) is 37.3. The molecule has 0 aliphatic carbocycles. The molecule has 5 aromatic carbocycles. The van der Waals surface area contributed by atoms with Crippen molar-refractivity contribution in [1.29, 1.82) is 0 Å². The Morgan fingerprint density at radius 3 is 1.47 bits per heavy atom. The Bertz CT molecular complexity index is 2390. The number of aromatic nitrogens is 4. The van der Waals surface area contributed by atoms with Gasteiger partial charge in [0.2, 0.25) is 0 Å². The van der Waals surface area contributed by atoms with E-state index in [1.165, 1.54) is 0 Å². The molecule has 2 heterocycles. The molecule has 0 bridgehead atoms. The summed E-state index contributed by atoms with van der Waals surface area (Å²) < 4.78 is 11.8. The molecule has 0 fully saturated rings. The van der Waals surface area contributed by atoms with E-state index in [1.807, 2.05) is 91.3 Å². The molecule has 266 valence electrons. The lowest BCUT2D eigenvalue weighted by Gasteiger charge is -2.09. The van der Waals surface area contributed by atoms with Crippen LogP contribution < -0.4 is 9.47 Å². The third-order valence-electron chi connectivity index (χ3n) is 7.97. The zero-order valence-electron chi connectivity index (χ0n) is 28.4. The van der Waals surface area contributed by atoms with Crippen LogP contribution in [0.2, 0.25) is 20.1 Å². The standard InChI is InChI=1S/C25H20Cl2N2O2.C17H11BrCl2N2/c1-30-23-11-8-18(13-24(23)31-2)17-6-3-16(4-7-17)5-12-25-28-15-22(29-25)20-10-9-19(26)14-21(20)27;18-12-4-1-11(2-5-12)3-8-17-21-10-16(22-17)14-7-6-13(19)9-15(14)20/h3-15H,1-2H3,(H,28,29);1-10H,(H,21,22). The van der Waals surface area contributed by atoms with Gasteiger partial charge in [-0.3, -0.25) is 0 Å². The molecule has 6 nitrogen and oxygen atoms in total. The fourth-order valence-electron chi connectivity index (χ4n) is 5.24. The Morgan fingerprint density at radius 2 is 1.00 bits per heavy atom. The average molecular weight is 845 g/mol. The van der Waals surface area contributed by atoms with Crippen LogP contribution in [0.3, 0.4) is 0 Å². The number of aromatic amines is 2. The minimum Gasteiger partial charge on any atom is -0.493 e. The largest absolute Gasteiger partial charge is 0.493 e.